The van der Waals surface area contributed by atoms with E-state index < -0.39 is 0 Å². The van der Waals surface area contributed by atoms with Crippen LogP contribution in [0.1, 0.15) is 39.5 Å². The summed E-state index contributed by atoms with van der Waals surface area (Å²) in [4.78, 5) is 11.5. The molecular formula is C15H21NO2. The van der Waals surface area contributed by atoms with Crippen molar-refractivity contribution >= 4 is 11.6 Å². The molecule has 0 aliphatic heterocycles. The maximum absolute atomic E-state index is 11.5. The minimum absolute atomic E-state index is 0.000541. The van der Waals surface area contributed by atoms with Gasteiger partial charge >= 0.3 is 0 Å². The fourth-order valence-electron chi connectivity index (χ4n) is 2.10. The maximum Gasteiger partial charge on any atom is 0.226 e. The Morgan fingerprint density at radius 1 is 1.22 bits per heavy atom. The summed E-state index contributed by atoms with van der Waals surface area (Å²) >= 11 is 0. The average molecular weight is 247 g/mol. The topological polar surface area (TPSA) is 38.3 Å². The number of carbonyl (C=O) groups is 1. The number of amides is 1. The molecule has 0 heterocycles. The van der Waals surface area contributed by atoms with Crippen molar-refractivity contribution in [1.29, 1.82) is 0 Å². The van der Waals surface area contributed by atoms with Crippen molar-refractivity contribution in [3.05, 3.63) is 24.3 Å². The highest BCUT2D eigenvalue weighted by atomic mass is 16.5. The molecule has 3 nitrogen and oxygen atoms in total. The minimum atomic E-state index is -0.000541. The Kier molecular flexibility index (Phi) is 4.24. The largest absolute Gasteiger partial charge is 0.490 e. The normalized spacial score (nSPS) is 15.9. The molecule has 1 aromatic carbocycles. The highest BCUT2D eigenvalue weighted by Crippen LogP contribution is 2.25. The Hall–Kier alpha value is -1.51. The average Bonchev–Trinajstić information content (AvgIpc) is 2.84. The quantitative estimate of drug-likeness (QED) is 0.882. The van der Waals surface area contributed by atoms with Gasteiger partial charge in [0.1, 0.15) is 5.75 Å². The first kappa shape index (κ1) is 12.9. The Labute approximate surface area is 109 Å². The highest BCUT2D eigenvalue weighted by Gasteiger charge is 2.16. The summed E-state index contributed by atoms with van der Waals surface area (Å²) in [7, 11) is 0. The number of anilines is 1. The Morgan fingerprint density at radius 3 is 2.39 bits per heavy atom. The second-order valence-corrected chi connectivity index (χ2v) is 5.19. The maximum atomic E-state index is 11.5. The standard InChI is InChI=1S/C15H21NO2/c1-11(2)15(17)16-12-7-9-14(10-8-12)18-13-5-3-4-6-13/h7-11,13H,3-6H2,1-2H3,(H,16,17). The summed E-state index contributed by atoms with van der Waals surface area (Å²) in [5.41, 5.74) is 0.826. The molecule has 0 spiro atoms. The zero-order valence-corrected chi connectivity index (χ0v) is 11.1. The molecule has 0 saturated heterocycles. The molecule has 0 bridgehead atoms. The van der Waals surface area contributed by atoms with E-state index in [1.807, 2.05) is 38.1 Å². The lowest BCUT2D eigenvalue weighted by Crippen LogP contribution is -2.17. The third-order valence-corrected chi connectivity index (χ3v) is 3.25. The van der Waals surface area contributed by atoms with Gasteiger partial charge in [-0.15, -0.1) is 0 Å². The lowest BCUT2D eigenvalue weighted by Gasteiger charge is -2.13. The summed E-state index contributed by atoms with van der Waals surface area (Å²) in [6, 6.07) is 7.64. The van der Waals surface area contributed by atoms with E-state index in [0.717, 1.165) is 24.3 Å². The van der Waals surface area contributed by atoms with Crippen LogP contribution in [0.3, 0.4) is 0 Å². The second kappa shape index (κ2) is 5.89. The van der Waals surface area contributed by atoms with E-state index in [-0.39, 0.29) is 11.8 Å². The molecule has 1 aliphatic carbocycles. The van der Waals surface area contributed by atoms with Crippen LogP contribution in [0.15, 0.2) is 24.3 Å². The first-order valence-electron chi connectivity index (χ1n) is 6.73. The molecule has 1 N–H and O–H groups in total. The first-order chi connectivity index (χ1) is 8.65. The number of carbonyl (C=O) groups excluding carboxylic acids is 1. The summed E-state index contributed by atoms with van der Waals surface area (Å²) < 4.78 is 5.87. The zero-order valence-electron chi connectivity index (χ0n) is 11.1. The minimum Gasteiger partial charge on any atom is -0.490 e. The molecule has 1 amide bonds. The van der Waals surface area contributed by atoms with Gasteiger partial charge in [-0.1, -0.05) is 13.8 Å². The van der Waals surface area contributed by atoms with Crippen LogP contribution >= 0.6 is 0 Å². The van der Waals surface area contributed by atoms with E-state index >= 15 is 0 Å². The lowest BCUT2D eigenvalue weighted by atomic mass is 10.2. The van der Waals surface area contributed by atoms with E-state index in [0.29, 0.717) is 6.10 Å². The van der Waals surface area contributed by atoms with Gasteiger partial charge in [-0.2, -0.15) is 0 Å². The Balaban J connectivity index is 1.90. The SMILES string of the molecule is CC(C)C(=O)Nc1ccc(OC2CCCC2)cc1. The molecule has 0 unspecified atom stereocenters. The number of benzene rings is 1. The van der Waals surface area contributed by atoms with Crippen molar-refractivity contribution in [2.45, 2.75) is 45.6 Å². The summed E-state index contributed by atoms with van der Waals surface area (Å²) in [6.45, 7) is 3.76. The van der Waals surface area contributed by atoms with Gasteiger partial charge in [0.25, 0.3) is 0 Å². The molecule has 1 aromatic rings. The molecule has 18 heavy (non-hydrogen) atoms. The molecule has 1 aliphatic rings. The number of rotatable bonds is 4. The third-order valence-electron chi connectivity index (χ3n) is 3.25. The lowest BCUT2D eigenvalue weighted by molar-refractivity contribution is -0.118. The summed E-state index contributed by atoms with van der Waals surface area (Å²) in [6.07, 6.45) is 5.24. The molecule has 0 atom stereocenters. The second-order valence-electron chi connectivity index (χ2n) is 5.19. The number of nitrogens with one attached hydrogen (secondary N) is 1. The van der Waals surface area contributed by atoms with Crippen molar-refractivity contribution in [1.82, 2.24) is 0 Å². The molecule has 98 valence electrons. The molecule has 2 rings (SSSR count). The molecule has 1 fully saturated rings. The molecule has 3 heteroatoms. The van der Waals surface area contributed by atoms with E-state index in [2.05, 4.69) is 5.32 Å². The number of hydrogen-bond donors (Lipinski definition) is 1. The summed E-state index contributed by atoms with van der Waals surface area (Å²) in [5.74, 6) is 0.934. The fraction of sp³-hybridized carbons (Fsp3) is 0.533. The van der Waals surface area contributed by atoms with Gasteiger partial charge < -0.3 is 10.1 Å². The van der Waals surface area contributed by atoms with Gasteiger partial charge in [0.15, 0.2) is 0 Å². The van der Waals surface area contributed by atoms with Crippen molar-refractivity contribution in [3.8, 4) is 5.75 Å². The van der Waals surface area contributed by atoms with Crippen LogP contribution in [0, 0.1) is 5.92 Å². The van der Waals surface area contributed by atoms with Crippen LogP contribution in [-0.2, 0) is 4.79 Å². The van der Waals surface area contributed by atoms with Gasteiger partial charge in [-0.3, -0.25) is 4.79 Å². The highest BCUT2D eigenvalue weighted by molar-refractivity contribution is 5.92. The third kappa shape index (κ3) is 3.49. The van der Waals surface area contributed by atoms with Crippen molar-refractivity contribution in [2.24, 2.45) is 5.92 Å². The van der Waals surface area contributed by atoms with Crippen LogP contribution in [-0.4, -0.2) is 12.0 Å². The fourth-order valence-corrected chi connectivity index (χ4v) is 2.10. The van der Waals surface area contributed by atoms with Crippen LogP contribution in [0.5, 0.6) is 5.75 Å². The van der Waals surface area contributed by atoms with Crippen LogP contribution < -0.4 is 10.1 Å². The van der Waals surface area contributed by atoms with Gasteiger partial charge in [0.2, 0.25) is 5.91 Å². The predicted molar refractivity (Wildman–Crippen MR) is 72.8 cm³/mol. The van der Waals surface area contributed by atoms with E-state index in [4.69, 9.17) is 4.74 Å². The molecule has 0 aromatic heterocycles. The van der Waals surface area contributed by atoms with Gasteiger partial charge in [0, 0.05) is 11.6 Å². The zero-order chi connectivity index (χ0) is 13.0. The monoisotopic (exact) mass is 247 g/mol. The Bertz CT molecular complexity index is 391. The van der Waals surface area contributed by atoms with E-state index in [1.165, 1.54) is 12.8 Å². The van der Waals surface area contributed by atoms with Crippen molar-refractivity contribution < 1.29 is 9.53 Å². The van der Waals surface area contributed by atoms with Gasteiger partial charge in [0.05, 0.1) is 6.10 Å². The molecular weight excluding hydrogens is 226 g/mol. The summed E-state index contributed by atoms with van der Waals surface area (Å²) in [5, 5.41) is 2.87. The van der Waals surface area contributed by atoms with Crippen LogP contribution in [0.25, 0.3) is 0 Å². The smallest absolute Gasteiger partial charge is 0.226 e. The first-order valence-corrected chi connectivity index (χ1v) is 6.73. The molecule has 1 saturated carbocycles. The number of hydrogen-bond acceptors (Lipinski definition) is 2. The number of ether oxygens (including phenoxy) is 1. The van der Waals surface area contributed by atoms with Crippen molar-refractivity contribution in [3.63, 3.8) is 0 Å². The van der Waals surface area contributed by atoms with Gasteiger partial charge in [-0.05, 0) is 49.9 Å². The van der Waals surface area contributed by atoms with Crippen LogP contribution in [0.4, 0.5) is 5.69 Å². The molecule has 0 radical (unpaired) electrons. The van der Waals surface area contributed by atoms with Crippen molar-refractivity contribution in [2.75, 3.05) is 5.32 Å². The van der Waals surface area contributed by atoms with E-state index in [9.17, 15) is 4.79 Å². The predicted octanol–water partition coefficient (Wildman–Crippen LogP) is 3.60. The van der Waals surface area contributed by atoms with Gasteiger partial charge in [-0.25, -0.2) is 0 Å². The van der Waals surface area contributed by atoms with E-state index in [1.54, 1.807) is 0 Å². The Morgan fingerprint density at radius 2 is 1.83 bits per heavy atom. The van der Waals surface area contributed by atoms with Crippen LogP contribution in [0.2, 0.25) is 0 Å².